The number of H-pyrrole nitrogens is 1. The summed E-state index contributed by atoms with van der Waals surface area (Å²) in [6, 6.07) is 1.18. The minimum absolute atomic E-state index is 0.140. The average Bonchev–Trinajstić information content (AvgIpc) is 2.62. The number of rotatable bonds is 3. The number of nitrogens with two attached hydrogens (primary N) is 1. The van der Waals surface area contributed by atoms with Crippen LogP contribution in [-0.2, 0) is 20.0 Å². The molecule has 0 spiro atoms. The van der Waals surface area contributed by atoms with Crippen molar-refractivity contribution >= 4 is 5.82 Å². The fourth-order valence-electron chi connectivity index (χ4n) is 1.51. The monoisotopic (exact) mass is 236 g/mol. The van der Waals surface area contributed by atoms with Gasteiger partial charge in [0.25, 0.3) is 5.56 Å². The zero-order valence-electron chi connectivity index (χ0n) is 9.25. The molecule has 17 heavy (non-hydrogen) atoms. The maximum Gasteiger partial charge on any atom is 0.329 e. The summed E-state index contributed by atoms with van der Waals surface area (Å²) in [5, 5.41) is 7.62. The lowest BCUT2D eigenvalue weighted by Crippen LogP contribution is -2.32. The molecule has 8 heteroatoms. The van der Waals surface area contributed by atoms with Crippen LogP contribution in [0.15, 0.2) is 22.0 Å². The van der Waals surface area contributed by atoms with Gasteiger partial charge in [0.2, 0.25) is 0 Å². The second kappa shape index (κ2) is 4.24. The predicted molar refractivity (Wildman–Crippen MR) is 60.4 cm³/mol. The molecule has 2 heterocycles. The van der Waals surface area contributed by atoms with Gasteiger partial charge in [0.05, 0.1) is 0 Å². The molecule has 2 aromatic heterocycles. The van der Waals surface area contributed by atoms with E-state index in [-0.39, 0.29) is 5.82 Å². The second-order valence-electron chi connectivity index (χ2n) is 3.62. The summed E-state index contributed by atoms with van der Waals surface area (Å²) in [5.41, 5.74) is 4.59. The minimum atomic E-state index is -0.517. The first-order valence-corrected chi connectivity index (χ1v) is 5.00. The zero-order chi connectivity index (χ0) is 12.4. The Morgan fingerprint density at radius 3 is 2.82 bits per heavy atom. The van der Waals surface area contributed by atoms with Crippen LogP contribution in [0, 0.1) is 0 Å². The van der Waals surface area contributed by atoms with E-state index >= 15 is 0 Å². The molecule has 3 N–H and O–H groups in total. The van der Waals surface area contributed by atoms with Crippen LogP contribution >= 0.6 is 0 Å². The van der Waals surface area contributed by atoms with Gasteiger partial charge in [0.15, 0.2) is 0 Å². The molecule has 0 fully saturated rings. The van der Waals surface area contributed by atoms with Gasteiger partial charge in [-0.3, -0.25) is 14.3 Å². The fraction of sp³-hybridized carbons (Fsp3) is 0.333. The quantitative estimate of drug-likeness (QED) is 0.673. The number of aromatic amines is 1. The van der Waals surface area contributed by atoms with E-state index in [4.69, 9.17) is 5.73 Å². The molecule has 2 aromatic rings. The van der Waals surface area contributed by atoms with E-state index in [0.717, 1.165) is 5.82 Å². The van der Waals surface area contributed by atoms with Gasteiger partial charge in [-0.15, -0.1) is 10.2 Å². The Morgan fingerprint density at radius 1 is 1.47 bits per heavy atom. The Labute approximate surface area is 95.7 Å². The maximum absolute atomic E-state index is 11.5. The van der Waals surface area contributed by atoms with Crippen molar-refractivity contribution in [2.75, 3.05) is 5.73 Å². The lowest BCUT2D eigenvalue weighted by molar-refractivity contribution is 0.621. The summed E-state index contributed by atoms with van der Waals surface area (Å²) in [5.74, 6) is 0.878. The van der Waals surface area contributed by atoms with Crippen molar-refractivity contribution in [1.29, 1.82) is 0 Å². The van der Waals surface area contributed by atoms with Gasteiger partial charge in [0.1, 0.15) is 18.0 Å². The van der Waals surface area contributed by atoms with Crippen molar-refractivity contribution in [1.82, 2.24) is 24.3 Å². The molecule has 0 saturated carbocycles. The number of anilines is 1. The van der Waals surface area contributed by atoms with Crippen molar-refractivity contribution in [3.63, 3.8) is 0 Å². The fourth-order valence-corrected chi connectivity index (χ4v) is 1.51. The van der Waals surface area contributed by atoms with Crippen LogP contribution in [0.3, 0.4) is 0 Å². The maximum atomic E-state index is 11.5. The van der Waals surface area contributed by atoms with Crippen LogP contribution in [0.25, 0.3) is 0 Å². The summed E-state index contributed by atoms with van der Waals surface area (Å²) >= 11 is 0. The van der Waals surface area contributed by atoms with Crippen molar-refractivity contribution in [3.05, 3.63) is 39.1 Å². The molecule has 0 radical (unpaired) electrons. The molecular weight excluding hydrogens is 224 g/mol. The minimum Gasteiger partial charge on any atom is -0.385 e. The van der Waals surface area contributed by atoms with Crippen molar-refractivity contribution in [2.45, 2.75) is 13.0 Å². The molecule has 8 nitrogen and oxygen atoms in total. The third kappa shape index (κ3) is 2.25. The Bertz CT molecular complexity index is 637. The Hall–Kier alpha value is -2.38. The van der Waals surface area contributed by atoms with E-state index in [9.17, 15) is 9.59 Å². The van der Waals surface area contributed by atoms with Crippen molar-refractivity contribution < 1.29 is 0 Å². The molecule has 0 atom stereocenters. The molecule has 0 aliphatic carbocycles. The van der Waals surface area contributed by atoms with Gasteiger partial charge < -0.3 is 10.3 Å². The topological polar surface area (TPSA) is 112 Å². The first-order chi connectivity index (χ1) is 8.08. The molecule has 0 aromatic carbocycles. The van der Waals surface area contributed by atoms with E-state index in [2.05, 4.69) is 15.2 Å². The molecule has 0 saturated heterocycles. The normalized spacial score (nSPS) is 10.6. The van der Waals surface area contributed by atoms with Crippen LogP contribution in [0.5, 0.6) is 0 Å². The number of nitrogen functional groups attached to an aromatic ring is 1. The highest BCUT2D eigenvalue weighted by Crippen LogP contribution is 1.98. The summed E-state index contributed by atoms with van der Waals surface area (Å²) in [4.78, 5) is 24.6. The SMILES string of the molecule is Cn1cnnc1CCn1c(N)cc(=O)[nH]c1=O. The highest BCUT2D eigenvalue weighted by molar-refractivity contribution is 5.26. The number of nitrogens with zero attached hydrogens (tertiary/aromatic N) is 4. The van der Waals surface area contributed by atoms with Gasteiger partial charge in [-0.05, 0) is 0 Å². The smallest absolute Gasteiger partial charge is 0.329 e. The average molecular weight is 236 g/mol. The van der Waals surface area contributed by atoms with Gasteiger partial charge >= 0.3 is 5.69 Å². The van der Waals surface area contributed by atoms with Crippen molar-refractivity contribution in [3.8, 4) is 0 Å². The Morgan fingerprint density at radius 2 is 2.24 bits per heavy atom. The van der Waals surface area contributed by atoms with Gasteiger partial charge in [0, 0.05) is 26.1 Å². The molecule has 2 rings (SSSR count). The Balaban J connectivity index is 2.23. The first-order valence-electron chi connectivity index (χ1n) is 5.00. The predicted octanol–water partition coefficient (Wildman–Crippen LogP) is -1.51. The second-order valence-corrected chi connectivity index (χ2v) is 3.62. The highest BCUT2D eigenvalue weighted by Gasteiger charge is 2.05. The van der Waals surface area contributed by atoms with Gasteiger partial charge in [-0.1, -0.05) is 0 Å². The summed E-state index contributed by atoms with van der Waals surface area (Å²) in [6.07, 6.45) is 2.08. The van der Waals surface area contributed by atoms with E-state index in [1.165, 1.54) is 10.6 Å². The van der Waals surface area contributed by atoms with Gasteiger partial charge in [-0.25, -0.2) is 4.79 Å². The largest absolute Gasteiger partial charge is 0.385 e. The van der Waals surface area contributed by atoms with Crippen LogP contribution < -0.4 is 17.0 Å². The van der Waals surface area contributed by atoms with Crippen LogP contribution in [0.2, 0.25) is 0 Å². The lowest BCUT2D eigenvalue weighted by Gasteiger charge is -2.07. The van der Waals surface area contributed by atoms with Crippen LogP contribution in [-0.4, -0.2) is 24.3 Å². The third-order valence-electron chi connectivity index (χ3n) is 2.43. The first kappa shape index (κ1) is 11.1. The molecular formula is C9H12N6O2. The standard InChI is InChI=1S/C9H12N6O2/c1-14-5-11-13-7(14)2-3-15-6(10)4-8(16)12-9(15)17/h4-5H,2-3,10H2,1H3,(H,12,16,17). The lowest BCUT2D eigenvalue weighted by atomic mass is 10.4. The van der Waals surface area contributed by atoms with E-state index in [0.29, 0.717) is 13.0 Å². The van der Waals surface area contributed by atoms with E-state index < -0.39 is 11.2 Å². The molecule has 90 valence electrons. The molecule has 0 bridgehead atoms. The number of nitrogens with one attached hydrogen (secondary N) is 1. The van der Waals surface area contributed by atoms with E-state index in [1.807, 2.05) is 7.05 Å². The van der Waals surface area contributed by atoms with E-state index in [1.54, 1.807) is 10.9 Å². The van der Waals surface area contributed by atoms with Crippen molar-refractivity contribution in [2.24, 2.45) is 7.05 Å². The number of hydrogen-bond acceptors (Lipinski definition) is 5. The summed E-state index contributed by atoms with van der Waals surface area (Å²) in [6.45, 7) is 0.341. The third-order valence-corrected chi connectivity index (χ3v) is 2.43. The highest BCUT2D eigenvalue weighted by atomic mass is 16.2. The zero-order valence-corrected chi connectivity index (χ0v) is 9.25. The Kier molecular flexibility index (Phi) is 2.77. The number of hydrogen-bond donors (Lipinski definition) is 2. The summed E-state index contributed by atoms with van der Waals surface area (Å²) in [7, 11) is 1.81. The molecule has 0 amide bonds. The number of aryl methyl sites for hydroxylation is 2. The van der Waals surface area contributed by atoms with Crippen LogP contribution in [0.1, 0.15) is 5.82 Å². The molecule has 0 aliphatic rings. The van der Waals surface area contributed by atoms with Crippen LogP contribution in [0.4, 0.5) is 5.82 Å². The van der Waals surface area contributed by atoms with Gasteiger partial charge in [-0.2, -0.15) is 0 Å². The number of aromatic nitrogens is 5. The molecule has 0 unspecified atom stereocenters. The molecule has 0 aliphatic heterocycles. The summed E-state index contributed by atoms with van der Waals surface area (Å²) < 4.78 is 3.04.